The molecule has 0 bridgehead atoms. The topological polar surface area (TPSA) is 57.8 Å². The van der Waals surface area contributed by atoms with E-state index in [2.05, 4.69) is 15.3 Å². The summed E-state index contributed by atoms with van der Waals surface area (Å²) in [5, 5.41) is 3.69. The van der Waals surface area contributed by atoms with Crippen molar-refractivity contribution in [2.75, 3.05) is 0 Å². The van der Waals surface area contributed by atoms with E-state index in [0.29, 0.717) is 17.9 Å². The Morgan fingerprint density at radius 1 is 1.22 bits per heavy atom. The zero-order chi connectivity index (χ0) is 16.2. The number of imidazole rings is 1. The minimum Gasteiger partial charge on any atom is -0.346 e. The molecule has 118 valence electrons. The van der Waals surface area contributed by atoms with E-state index in [1.807, 2.05) is 55.5 Å². The fraction of sp³-hybridized carbons (Fsp3) is 0.222. The SMILES string of the molecule is CC(NC(=O)CCc1ccc(Cl)cc1)c1nc2ccccc2[nH]1. The molecule has 0 aliphatic carbocycles. The Hall–Kier alpha value is -2.33. The van der Waals surface area contributed by atoms with Gasteiger partial charge in [-0.2, -0.15) is 0 Å². The van der Waals surface area contributed by atoms with Crippen LogP contribution >= 0.6 is 11.6 Å². The number of hydrogen-bond acceptors (Lipinski definition) is 2. The zero-order valence-corrected chi connectivity index (χ0v) is 13.6. The van der Waals surface area contributed by atoms with E-state index in [0.717, 1.165) is 22.4 Å². The predicted molar refractivity (Wildman–Crippen MR) is 92.4 cm³/mol. The van der Waals surface area contributed by atoms with Gasteiger partial charge in [-0.1, -0.05) is 35.9 Å². The van der Waals surface area contributed by atoms with Crippen LogP contribution in [0.4, 0.5) is 0 Å². The Morgan fingerprint density at radius 3 is 2.70 bits per heavy atom. The highest BCUT2D eigenvalue weighted by Gasteiger charge is 2.13. The van der Waals surface area contributed by atoms with Gasteiger partial charge in [0.1, 0.15) is 5.82 Å². The molecule has 2 N–H and O–H groups in total. The summed E-state index contributed by atoms with van der Waals surface area (Å²) in [6.45, 7) is 1.93. The average molecular weight is 328 g/mol. The number of benzene rings is 2. The molecule has 1 unspecified atom stereocenters. The number of nitrogens with zero attached hydrogens (tertiary/aromatic N) is 1. The second kappa shape index (κ2) is 6.84. The van der Waals surface area contributed by atoms with E-state index >= 15 is 0 Å². The van der Waals surface area contributed by atoms with Crippen molar-refractivity contribution in [2.24, 2.45) is 0 Å². The largest absolute Gasteiger partial charge is 0.346 e. The predicted octanol–water partition coefficient (Wildman–Crippen LogP) is 4.03. The number of halogens is 1. The maximum absolute atomic E-state index is 12.1. The molecule has 0 radical (unpaired) electrons. The molecule has 0 fully saturated rings. The summed E-state index contributed by atoms with van der Waals surface area (Å²) in [4.78, 5) is 19.9. The van der Waals surface area contributed by atoms with Crippen LogP contribution in [0.25, 0.3) is 11.0 Å². The maximum atomic E-state index is 12.1. The van der Waals surface area contributed by atoms with E-state index in [9.17, 15) is 4.79 Å². The van der Waals surface area contributed by atoms with Crippen LogP contribution in [0, 0.1) is 0 Å². The van der Waals surface area contributed by atoms with Crippen molar-refractivity contribution >= 4 is 28.5 Å². The third-order valence-corrected chi connectivity index (χ3v) is 4.00. The first-order valence-corrected chi connectivity index (χ1v) is 7.98. The van der Waals surface area contributed by atoms with Crippen LogP contribution in [-0.2, 0) is 11.2 Å². The summed E-state index contributed by atoms with van der Waals surface area (Å²) >= 11 is 5.85. The van der Waals surface area contributed by atoms with E-state index < -0.39 is 0 Å². The molecule has 0 saturated carbocycles. The lowest BCUT2D eigenvalue weighted by Gasteiger charge is -2.11. The van der Waals surface area contributed by atoms with Crippen LogP contribution in [0.15, 0.2) is 48.5 Å². The van der Waals surface area contributed by atoms with Gasteiger partial charge in [0.05, 0.1) is 17.1 Å². The minimum absolute atomic E-state index is 0.00732. The molecule has 3 aromatic rings. The highest BCUT2D eigenvalue weighted by atomic mass is 35.5. The van der Waals surface area contributed by atoms with Crippen molar-refractivity contribution < 1.29 is 4.79 Å². The Morgan fingerprint density at radius 2 is 1.96 bits per heavy atom. The Labute approximate surface area is 139 Å². The van der Waals surface area contributed by atoms with E-state index in [1.54, 1.807) is 0 Å². The average Bonchev–Trinajstić information content (AvgIpc) is 2.98. The number of carbonyl (C=O) groups is 1. The smallest absolute Gasteiger partial charge is 0.220 e. The molecule has 0 saturated heterocycles. The van der Waals surface area contributed by atoms with E-state index in [1.165, 1.54) is 0 Å². The number of fused-ring (bicyclic) bond motifs is 1. The van der Waals surface area contributed by atoms with Crippen LogP contribution in [-0.4, -0.2) is 15.9 Å². The lowest BCUT2D eigenvalue weighted by molar-refractivity contribution is -0.121. The van der Waals surface area contributed by atoms with Crippen LogP contribution in [0.1, 0.15) is 30.8 Å². The van der Waals surface area contributed by atoms with Gasteiger partial charge in [0.25, 0.3) is 0 Å². The second-order valence-corrected chi connectivity index (χ2v) is 5.99. The van der Waals surface area contributed by atoms with Crippen LogP contribution in [0.5, 0.6) is 0 Å². The number of aryl methyl sites for hydroxylation is 1. The third kappa shape index (κ3) is 3.90. The van der Waals surface area contributed by atoms with Gasteiger partial charge in [0.2, 0.25) is 5.91 Å². The molecule has 4 nitrogen and oxygen atoms in total. The number of amides is 1. The lowest BCUT2D eigenvalue weighted by Crippen LogP contribution is -2.27. The first kappa shape index (κ1) is 15.6. The molecule has 1 heterocycles. The first-order chi connectivity index (χ1) is 11.1. The number of aromatic nitrogens is 2. The summed E-state index contributed by atoms with van der Waals surface area (Å²) in [5.41, 5.74) is 2.98. The van der Waals surface area contributed by atoms with Gasteiger partial charge in [-0.05, 0) is 43.2 Å². The quantitative estimate of drug-likeness (QED) is 0.743. The summed E-state index contributed by atoms with van der Waals surface area (Å²) in [6.07, 6.45) is 1.13. The summed E-state index contributed by atoms with van der Waals surface area (Å²) < 4.78 is 0. The van der Waals surface area contributed by atoms with Crippen molar-refractivity contribution in [3.05, 3.63) is 64.9 Å². The molecule has 1 aromatic heterocycles. The molecule has 3 rings (SSSR count). The Bertz CT molecular complexity index is 778. The van der Waals surface area contributed by atoms with Gasteiger partial charge >= 0.3 is 0 Å². The number of nitrogens with one attached hydrogen (secondary N) is 2. The first-order valence-electron chi connectivity index (χ1n) is 7.60. The molecule has 5 heteroatoms. The van der Waals surface area contributed by atoms with E-state index in [4.69, 9.17) is 11.6 Å². The normalized spacial score (nSPS) is 12.3. The third-order valence-electron chi connectivity index (χ3n) is 3.75. The molecule has 0 spiro atoms. The number of para-hydroxylation sites is 2. The van der Waals surface area contributed by atoms with Crippen LogP contribution in [0.2, 0.25) is 5.02 Å². The molecule has 0 aliphatic heterocycles. The zero-order valence-electron chi connectivity index (χ0n) is 12.8. The number of aromatic amines is 1. The van der Waals surface area contributed by atoms with Crippen molar-refractivity contribution in [1.29, 1.82) is 0 Å². The van der Waals surface area contributed by atoms with Crippen molar-refractivity contribution in [3.63, 3.8) is 0 Å². The van der Waals surface area contributed by atoms with Gasteiger partial charge in [0, 0.05) is 11.4 Å². The number of carbonyl (C=O) groups excluding carboxylic acids is 1. The van der Waals surface area contributed by atoms with Gasteiger partial charge in [-0.25, -0.2) is 4.98 Å². The van der Waals surface area contributed by atoms with Crippen LogP contribution in [0.3, 0.4) is 0 Å². The fourth-order valence-electron chi connectivity index (χ4n) is 2.47. The molecule has 1 amide bonds. The molecule has 2 aromatic carbocycles. The lowest BCUT2D eigenvalue weighted by atomic mass is 10.1. The van der Waals surface area contributed by atoms with Gasteiger partial charge in [-0.15, -0.1) is 0 Å². The van der Waals surface area contributed by atoms with Gasteiger partial charge in [-0.3, -0.25) is 4.79 Å². The highest BCUT2D eigenvalue weighted by molar-refractivity contribution is 6.30. The molecule has 1 atom stereocenters. The van der Waals surface area contributed by atoms with Crippen molar-refractivity contribution in [2.45, 2.75) is 25.8 Å². The summed E-state index contributed by atoms with van der Waals surface area (Å²) in [7, 11) is 0. The molecule has 0 aliphatic rings. The van der Waals surface area contributed by atoms with Crippen LogP contribution < -0.4 is 5.32 Å². The van der Waals surface area contributed by atoms with E-state index in [-0.39, 0.29) is 11.9 Å². The summed E-state index contributed by atoms with van der Waals surface area (Å²) in [5.74, 6) is 0.777. The molecular weight excluding hydrogens is 310 g/mol. The number of H-pyrrole nitrogens is 1. The molecule has 23 heavy (non-hydrogen) atoms. The maximum Gasteiger partial charge on any atom is 0.220 e. The number of rotatable bonds is 5. The van der Waals surface area contributed by atoms with Gasteiger partial charge < -0.3 is 10.3 Å². The number of hydrogen-bond donors (Lipinski definition) is 2. The Kier molecular flexibility index (Phi) is 4.63. The van der Waals surface area contributed by atoms with Crippen molar-refractivity contribution in [1.82, 2.24) is 15.3 Å². The highest BCUT2D eigenvalue weighted by Crippen LogP contribution is 2.16. The fourth-order valence-corrected chi connectivity index (χ4v) is 2.59. The Balaban J connectivity index is 1.57. The van der Waals surface area contributed by atoms with Crippen molar-refractivity contribution in [3.8, 4) is 0 Å². The summed E-state index contributed by atoms with van der Waals surface area (Å²) in [6, 6.07) is 15.2. The molecular formula is C18H18ClN3O. The monoisotopic (exact) mass is 327 g/mol. The standard InChI is InChI=1S/C18H18ClN3O/c1-12(18-21-15-4-2-3-5-16(15)22-18)20-17(23)11-8-13-6-9-14(19)10-7-13/h2-7,9-10,12H,8,11H2,1H3,(H,20,23)(H,21,22). The van der Waals surface area contributed by atoms with Gasteiger partial charge in [0.15, 0.2) is 0 Å². The second-order valence-electron chi connectivity index (χ2n) is 5.55. The minimum atomic E-state index is -0.153.